The maximum atomic E-state index is 10.6. The number of carboxylic acids is 1. The van der Waals surface area contributed by atoms with Crippen LogP contribution in [0.4, 0.5) is 0 Å². The molecule has 17 heavy (non-hydrogen) atoms. The molecule has 2 rings (SSSR count). The summed E-state index contributed by atoms with van der Waals surface area (Å²) in [6.45, 7) is 1.87. The van der Waals surface area contributed by atoms with E-state index >= 15 is 0 Å². The van der Waals surface area contributed by atoms with Crippen molar-refractivity contribution in [3.63, 3.8) is 0 Å². The van der Waals surface area contributed by atoms with Crippen molar-refractivity contribution in [3.05, 3.63) is 53.8 Å². The Morgan fingerprint density at radius 3 is 2.53 bits per heavy atom. The SMILES string of the molecule is CC(Oc1ccc(C(=O)O)o1)c1ccccc1. The molecular weight excluding hydrogens is 220 g/mol. The summed E-state index contributed by atoms with van der Waals surface area (Å²) in [7, 11) is 0. The van der Waals surface area contributed by atoms with Crippen molar-refractivity contribution in [3.8, 4) is 5.95 Å². The average Bonchev–Trinajstić information content (AvgIpc) is 2.79. The van der Waals surface area contributed by atoms with Crippen LogP contribution in [-0.4, -0.2) is 11.1 Å². The van der Waals surface area contributed by atoms with Crippen LogP contribution >= 0.6 is 0 Å². The highest BCUT2D eigenvalue weighted by Crippen LogP contribution is 2.23. The molecular formula is C13H12O4. The molecule has 4 heteroatoms. The van der Waals surface area contributed by atoms with E-state index in [9.17, 15) is 4.79 Å². The molecule has 2 aromatic rings. The summed E-state index contributed by atoms with van der Waals surface area (Å²) >= 11 is 0. The van der Waals surface area contributed by atoms with E-state index in [1.165, 1.54) is 12.1 Å². The number of furan rings is 1. The summed E-state index contributed by atoms with van der Waals surface area (Å²) in [5.41, 5.74) is 1.00. The van der Waals surface area contributed by atoms with Crippen LogP contribution in [0.2, 0.25) is 0 Å². The second kappa shape index (κ2) is 4.74. The third kappa shape index (κ3) is 2.66. The van der Waals surface area contributed by atoms with Crippen LogP contribution in [0.1, 0.15) is 29.1 Å². The molecule has 0 amide bonds. The van der Waals surface area contributed by atoms with Gasteiger partial charge in [-0.05, 0) is 18.6 Å². The van der Waals surface area contributed by atoms with Crippen molar-refractivity contribution >= 4 is 5.97 Å². The van der Waals surface area contributed by atoms with Gasteiger partial charge in [0.25, 0.3) is 5.95 Å². The third-order valence-corrected chi connectivity index (χ3v) is 2.35. The predicted octanol–water partition coefficient (Wildman–Crippen LogP) is 3.12. The number of carbonyl (C=O) groups is 1. The molecule has 1 aromatic carbocycles. The quantitative estimate of drug-likeness (QED) is 0.879. The number of aromatic carboxylic acids is 1. The lowest BCUT2D eigenvalue weighted by Gasteiger charge is -2.12. The Kier molecular flexibility index (Phi) is 3.14. The standard InChI is InChI=1S/C13H12O4/c1-9(10-5-3-2-4-6-10)16-12-8-7-11(17-12)13(14)15/h2-9H,1H3,(H,14,15). The third-order valence-electron chi connectivity index (χ3n) is 2.35. The lowest BCUT2D eigenvalue weighted by Crippen LogP contribution is -2.02. The average molecular weight is 232 g/mol. The van der Waals surface area contributed by atoms with Gasteiger partial charge in [0.05, 0.1) is 0 Å². The first-order valence-corrected chi connectivity index (χ1v) is 5.21. The normalized spacial score (nSPS) is 12.1. The van der Waals surface area contributed by atoms with Gasteiger partial charge in [-0.25, -0.2) is 4.79 Å². The Labute approximate surface area is 98.4 Å². The van der Waals surface area contributed by atoms with Crippen molar-refractivity contribution in [2.45, 2.75) is 13.0 Å². The second-order valence-electron chi connectivity index (χ2n) is 3.59. The summed E-state index contributed by atoms with van der Waals surface area (Å²) in [6, 6.07) is 12.5. The van der Waals surface area contributed by atoms with Crippen molar-refractivity contribution in [1.29, 1.82) is 0 Å². The number of ether oxygens (including phenoxy) is 1. The Morgan fingerprint density at radius 1 is 1.24 bits per heavy atom. The van der Waals surface area contributed by atoms with Gasteiger partial charge in [0, 0.05) is 6.07 Å². The molecule has 1 N–H and O–H groups in total. The summed E-state index contributed by atoms with van der Waals surface area (Å²) in [4.78, 5) is 10.6. The highest BCUT2D eigenvalue weighted by Gasteiger charge is 2.12. The van der Waals surface area contributed by atoms with E-state index in [-0.39, 0.29) is 17.8 Å². The monoisotopic (exact) mass is 232 g/mol. The zero-order chi connectivity index (χ0) is 12.3. The van der Waals surface area contributed by atoms with Crippen LogP contribution < -0.4 is 4.74 Å². The van der Waals surface area contributed by atoms with Gasteiger partial charge in [0.15, 0.2) is 0 Å². The summed E-state index contributed by atoms with van der Waals surface area (Å²) < 4.78 is 10.5. The molecule has 1 aromatic heterocycles. The smallest absolute Gasteiger partial charge is 0.371 e. The molecule has 1 unspecified atom stereocenters. The summed E-state index contributed by atoms with van der Waals surface area (Å²) in [6.07, 6.45) is -0.191. The van der Waals surface area contributed by atoms with Gasteiger partial charge >= 0.3 is 5.97 Å². The molecule has 0 aliphatic carbocycles. The van der Waals surface area contributed by atoms with Crippen LogP contribution in [0, 0.1) is 0 Å². The van der Waals surface area contributed by atoms with Gasteiger partial charge in [-0.15, -0.1) is 0 Å². The zero-order valence-electron chi connectivity index (χ0n) is 9.29. The minimum absolute atomic E-state index is 0.125. The molecule has 1 heterocycles. The molecule has 88 valence electrons. The molecule has 0 aliphatic heterocycles. The van der Waals surface area contributed by atoms with E-state index < -0.39 is 5.97 Å². The van der Waals surface area contributed by atoms with Gasteiger partial charge in [0.1, 0.15) is 6.10 Å². The van der Waals surface area contributed by atoms with Gasteiger partial charge in [0.2, 0.25) is 5.76 Å². The van der Waals surface area contributed by atoms with E-state index in [1.54, 1.807) is 0 Å². The van der Waals surface area contributed by atoms with Crippen LogP contribution in [-0.2, 0) is 0 Å². The van der Waals surface area contributed by atoms with E-state index in [1.807, 2.05) is 37.3 Å². The molecule has 0 saturated heterocycles. The fraction of sp³-hybridized carbons (Fsp3) is 0.154. The minimum atomic E-state index is -1.10. The second-order valence-corrected chi connectivity index (χ2v) is 3.59. The largest absolute Gasteiger partial charge is 0.475 e. The maximum absolute atomic E-state index is 10.6. The van der Waals surface area contributed by atoms with Gasteiger partial charge in [-0.3, -0.25) is 0 Å². The van der Waals surface area contributed by atoms with Crippen molar-refractivity contribution in [1.82, 2.24) is 0 Å². The van der Waals surface area contributed by atoms with Crippen LogP contribution in [0.15, 0.2) is 46.9 Å². The maximum Gasteiger partial charge on any atom is 0.371 e. The number of hydrogen-bond acceptors (Lipinski definition) is 3. The first-order valence-electron chi connectivity index (χ1n) is 5.21. The highest BCUT2D eigenvalue weighted by atomic mass is 16.6. The number of carboxylic acid groups (broad SMARTS) is 1. The fourth-order valence-electron chi connectivity index (χ4n) is 1.46. The predicted molar refractivity (Wildman–Crippen MR) is 61.2 cm³/mol. The topological polar surface area (TPSA) is 59.7 Å². The van der Waals surface area contributed by atoms with Crippen molar-refractivity contribution in [2.24, 2.45) is 0 Å². The van der Waals surface area contributed by atoms with Gasteiger partial charge in [-0.1, -0.05) is 30.3 Å². The lowest BCUT2D eigenvalue weighted by atomic mass is 10.1. The Balaban J connectivity index is 2.08. The highest BCUT2D eigenvalue weighted by molar-refractivity contribution is 5.84. The number of benzene rings is 1. The Hall–Kier alpha value is -2.23. The Morgan fingerprint density at radius 2 is 1.94 bits per heavy atom. The summed E-state index contributed by atoms with van der Waals surface area (Å²) in [5, 5.41) is 8.70. The first kappa shape index (κ1) is 11.3. The molecule has 0 saturated carbocycles. The van der Waals surface area contributed by atoms with Crippen LogP contribution in [0.3, 0.4) is 0 Å². The minimum Gasteiger partial charge on any atom is -0.475 e. The van der Waals surface area contributed by atoms with E-state index in [0.29, 0.717) is 0 Å². The molecule has 0 spiro atoms. The molecule has 0 aliphatic rings. The Bertz CT molecular complexity index is 501. The molecule has 0 fully saturated rings. The summed E-state index contributed by atoms with van der Waals surface area (Å²) in [5.74, 6) is -1.02. The van der Waals surface area contributed by atoms with Crippen LogP contribution in [0.5, 0.6) is 5.95 Å². The van der Waals surface area contributed by atoms with E-state index in [2.05, 4.69) is 0 Å². The van der Waals surface area contributed by atoms with E-state index in [4.69, 9.17) is 14.3 Å². The van der Waals surface area contributed by atoms with Gasteiger partial charge in [-0.2, -0.15) is 0 Å². The van der Waals surface area contributed by atoms with Crippen LogP contribution in [0.25, 0.3) is 0 Å². The van der Waals surface area contributed by atoms with Crippen molar-refractivity contribution in [2.75, 3.05) is 0 Å². The number of rotatable bonds is 4. The molecule has 1 atom stereocenters. The molecule has 0 radical (unpaired) electrons. The molecule has 4 nitrogen and oxygen atoms in total. The fourth-order valence-corrected chi connectivity index (χ4v) is 1.46. The molecule has 0 bridgehead atoms. The van der Waals surface area contributed by atoms with E-state index in [0.717, 1.165) is 5.56 Å². The van der Waals surface area contributed by atoms with Gasteiger partial charge < -0.3 is 14.3 Å². The first-order chi connectivity index (χ1) is 8.16. The van der Waals surface area contributed by atoms with Crippen molar-refractivity contribution < 1.29 is 19.1 Å². The zero-order valence-corrected chi connectivity index (χ0v) is 9.29. The number of hydrogen-bond donors (Lipinski definition) is 1. The lowest BCUT2D eigenvalue weighted by molar-refractivity contribution is 0.0647.